The van der Waals surface area contributed by atoms with Crippen LogP contribution in [0.5, 0.6) is 0 Å². The molecule has 4 fully saturated rings. The topological polar surface area (TPSA) is 59.0 Å². The maximum Gasteiger partial charge on any atom is 0.320 e. The van der Waals surface area contributed by atoms with Crippen LogP contribution in [0.2, 0.25) is 0 Å². The largest absolute Gasteiger partial charge is 0.332 e. The first-order valence-corrected chi connectivity index (χ1v) is 9.92. The van der Waals surface area contributed by atoms with Gasteiger partial charge in [0.25, 0.3) is 0 Å². The highest BCUT2D eigenvalue weighted by Gasteiger charge is 2.51. The van der Waals surface area contributed by atoms with Crippen molar-refractivity contribution in [2.75, 3.05) is 5.32 Å². The number of amides is 2. The van der Waals surface area contributed by atoms with E-state index in [1.807, 2.05) is 6.20 Å². The van der Waals surface area contributed by atoms with Gasteiger partial charge in [0.2, 0.25) is 0 Å². The SMILES string of the molecule is O=C(Nc1ccn(Cc2ccc(F)cc2)n1)NC12CC3CC(CC(C3)C1)C2. The van der Waals surface area contributed by atoms with Crippen LogP contribution < -0.4 is 10.6 Å². The number of carbonyl (C=O) groups excluding carboxylic acids is 1. The summed E-state index contributed by atoms with van der Waals surface area (Å²) in [5.41, 5.74) is 0.958. The molecule has 2 amide bonds. The number of aromatic nitrogens is 2. The predicted octanol–water partition coefficient (Wildman–Crippen LogP) is 4.16. The Balaban J connectivity index is 1.20. The molecule has 0 unspecified atom stereocenters. The van der Waals surface area contributed by atoms with Gasteiger partial charge >= 0.3 is 6.03 Å². The number of anilines is 1. The summed E-state index contributed by atoms with van der Waals surface area (Å²) < 4.78 is 14.7. The third kappa shape index (κ3) is 3.45. The van der Waals surface area contributed by atoms with Crippen molar-refractivity contribution in [1.82, 2.24) is 15.1 Å². The number of rotatable bonds is 4. The first-order valence-electron chi connectivity index (χ1n) is 9.92. The third-order valence-corrected chi connectivity index (χ3v) is 6.56. The van der Waals surface area contributed by atoms with E-state index in [1.54, 1.807) is 22.9 Å². The summed E-state index contributed by atoms with van der Waals surface area (Å²) in [5.74, 6) is 2.69. The molecule has 142 valence electrons. The highest BCUT2D eigenvalue weighted by molar-refractivity contribution is 5.88. The maximum atomic E-state index is 13.0. The molecule has 4 saturated carbocycles. The predicted molar refractivity (Wildman–Crippen MR) is 101 cm³/mol. The first kappa shape index (κ1) is 16.8. The van der Waals surface area contributed by atoms with Crippen LogP contribution in [0.3, 0.4) is 0 Å². The lowest BCUT2D eigenvalue weighted by molar-refractivity contribution is -0.0127. The van der Waals surface area contributed by atoms with E-state index in [0.717, 1.165) is 42.6 Å². The summed E-state index contributed by atoms with van der Waals surface area (Å²) in [4.78, 5) is 12.6. The second-order valence-corrected chi connectivity index (χ2v) is 8.80. The second kappa shape index (κ2) is 6.36. The summed E-state index contributed by atoms with van der Waals surface area (Å²) in [6.07, 6.45) is 9.29. The second-order valence-electron chi connectivity index (χ2n) is 8.80. The standard InChI is InChI=1S/C21H25FN4O/c22-18-3-1-14(2-4-18)13-26-6-5-19(25-26)23-20(27)24-21-10-15-7-16(11-21)9-17(8-15)12-21/h1-6,15-17H,7-13H2,(H2,23,24,25,27). The van der Waals surface area contributed by atoms with Crippen molar-refractivity contribution >= 4 is 11.8 Å². The Morgan fingerprint density at radius 3 is 2.33 bits per heavy atom. The Morgan fingerprint density at radius 1 is 1.07 bits per heavy atom. The van der Waals surface area contributed by atoms with E-state index in [9.17, 15) is 9.18 Å². The van der Waals surface area contributed by atoms with E-state index >= 15 is 0 Å². The van der Waals surface area contributed by atoms with Crippen LogP contribution in [0, 0.1) is 23.6 Å². The van der Waals surface area contributed by atoms with E-state index in [0.29, 0.717) is 12.4 Å². The Labute approximate surface area is 158 Å². The van der Waals surface area contributed by atoms with Crippen molar-refractivity contribution in [3.63, 3.8) is 0 Å². The molecule has 0 radical (unpaired) electrons. The van der Waals surface area contributed by atoms with Crippen molar-refractivity contribution < 1.29 is 9.18 Å². The van der Waals surface area contributed by atoms with E-state index < -0.39 is 0 Å². The van der Waals surface area contributed by atoms with E-state index in [1.165, 1.54) is 31.4 Å². The minimum Gasteiger partial charge on any atom is -0.332 e. The molecule has 2 N–H and O–H groups in total. The summed E-state index contributed by atoms with van der Waals surface area (Å²) in [6.45, 7) is 0.540. The van der Waals surface area contributed by atoms with Crippen LogP contribution in [-0.2, 0) is 6.54 Å². The van der Waals surface area contributed by atoms with Crippen molar-refractivity contribution in [3.8, 4) is 0 Å². The number of carbonyl (C=O) groups is 1. The van der Waals surface area contributed by atoms with Gasteiger partial charge in [0.05, 0.1) is 6.54 Å². The lowest BCUT2D eigenvalue weighted by Gasteiger charge is -2.56. The zero-order valence-electron chi connectivity index (χ0n) is 15.3. The molecule has 6 rings (SSSR count). The summed E-state index contributed by atoms with van der Waals surface area (Å²) >= 11 is 0. The van der Waals surface area contributed by atoms with Gasteiger partial charge < -0.3 is 5.32 Å². The molecular weight excluding hydrogens is 343 g/mol. The Hall–Kier alpha value is -2.37. The highest BCUT2D eigenvalue weighted by Crippen LogP contribution is 2.55. The maximum absolute atomic E-state index is 13.0. The molecule has 0 saturated heterocycles. The number of hydrogen-bond acceptors (Lipinski definition) is 2. The fourth-order valence-corrected chi connectivity index (χ4v) is 5.95. The van der Waals surface area contributed by atoms with E-state index in [-0.39, 0.29) is 17.4 Å². The number of halogens is 1. The summed E-state index contributed by atoms with van der Waals surface area (Å²) in [5, 5.41) is 10.6. The molecule has 0 atom stereocenters. The molecule has 27 heavy (non-hydrogen) atoms. The van der Waals surface area contributed by atoms with Gasteiger partial charge in [-0.3, -0.25) is 10.00 Å². The van der Waals surface area contributed by atoms with Gasteiger partial charge in [-0.25, -0.2) is 9.18 Å². The Bertz CT molecular complexity index is 809. The highest BCUT2D eigenvalue weighted by atomic mass is 19.1. The van der Waals surface area contributed by atoms with Gasteiger partial charge in [0.1, 0.15) is 5.82 Å². The van der Waals surface area contributed by atoms with Gasteiger partial charge in [-0.05, 0) is 74.0 Å². The fourth-order valence-electron chi connectivity index (χ4n) is 5.95. The van der Waals surface area contributed by atoms with Crippen LogP contribution in [0.1, 0.15) is 44.1 Å². The van der Waals surface area contributed by atoms with Crippen molar-refractivity contribution in [2.24, 2.45) is 17.8 Å². The van der Waals surface area contributed by atoms with Gasteiger partial charge in [-0.2, -0.15) is 5.10 Å². The quantitative estimate of drug-likeness (QED) is 0.851. The molecule has 0 spiro atoms. The van der Waals surface area contributed by atoms with Crippen LogP contribution >= 0.6 is 0 Å². The zero-order chi connectivity index (χ0) is 18.4. The van der Waals surface area contributed by atoms with Crippen molar-refractivity contribution in [2.45, 2.75) is 50.6 Å². The van der Waals surface area contributed by atoms with Crippen LogP contribution in [0.4, 0.5) is 15.0 Å². The average molecular weight is 368 g/mol. The smallest absolute Gasteiger partial charge is 0.320 e. The van der Waals surface area contributed by atoms with Gasteiger partial charge in [-0.15, -0.1) is 0 Å². The molecule has 1 aromatic heterocycles. The number of benzene rings is 1. The fraction of sp³-hybridized carbons (Fsp3) is 0.524. The van der Waals surface area contributed by atoms with Crippen LogP contribution in [-0.4, -0.2) is 21.4 Å². The van der Waals surface area contributed by atoms with E-state index in [4.69, 9.17) is 0 Å². The molecule has 6 heteroatoms. The number of nitrogens with zero attached hydrogens (tertiary/aromatic N) is 2. The lowest BCUT2D eigenvalue weighted by Crippen LogP contribution is -2.60. The van der Waals surface area contributed by atoms with Crippen molar-refractivity contribution in [3.05, 3.63) is 47.9 Å². The van der Waals surface area contributed by atoms with Gasteiger partial charge in [-0.1, -0.05) is 12.1 Å². The molecule has 1 aromatic carbocycles. The summed E-state index contributed by atoms with van der Waals surface area (Å²) in [6, 6.07) is 8.01. The zero-order valence-corrected chi connectivity index (χ0v) is 15.3. The van der Waals surface area contributed by atoms with Crippen LogP contribution in [0.15, 0.2) is 36.5 Å². The normalized spacial score (nSPS) is 31.1. The minimum absolute atomic E-state index is 0.00445. The van der Waals surface area contributed by atoms with Crippen molar-refractivity contribution in [1.29, 1.82) is 0 Å². The summed E-state index contributed by atoms with van der Waals surface area (Å²) in [7, 11) is 0. The first-order chi connectivity index (χ1) is 13.1. The number of nitrogens with one attached hydrogen (secondary N) is 2. The molecular formula is C21H25FN4O. The number of hydrogen-bond donors (Lipinski definition) is 2. The molecule has 4 bridgehead atoms. The Kier molecular flexibility index (Phi) is 3.95. The minimum atomic E-state index is -0.247. The molecule has 1 heterocycles. The molecule has 5 nitrogen and oxygen atoms in total. The van der Waals surface area contributed by atoms with Gasteiger partial charge in [0.15, 0.2) is 5.82 Å². The molecule has 0 aliphatic heterocycles. The monoisotopic (exact) mass is 368 g/mol. The molecule has 4 aliphatic carbocycles. The number of urea groups is 1. The van der Waals surface area contributed by atoms with Gasteiger partial charge in [0, 0.05) is 17.8 Å². The molecule has 4 aliphatic rings. The van der Waals surface area contributed by atoms with Crippen LogP contribution in [0.25, 0.3) is 0 Å². The Morgan fingerprint density at radius 2 is 1.70 bits per heavy atom. The molecule has 2 aromatic rings. The van der Waals surface area contributed by atoms with E-state index in [2.05, 4.69) is 15.7 Å². The third-order valence-electron chi connectivity index (χ3n) is 6.56. The average Bonchev–Trinajstić information content (AvgIpc) is 3.02. The lowest BCUT2D eigenvalue weighted by atomic mass is 9.53.